The molecule has 8 nitrogen and oxygen atoms in total. The predicted molar refractivity (Wildman–Crippen MR) is 106 cm³/mol. The van der Waals surface area contributed by atoms with E-state index in [1.807, 2.05) is 0 Å². The molecule has 4 rings (SSSR count). The third-order valence-corrected chi connectivity index (χ3v) is 9.34. The minimum Gasteiger partial charge on any atom is -0.330 e. The molecule has 4 unspecified atom stereocenters. The van der Waals surface area contributed by atoms with Crippen molar-refractivity contribution in [1.82, 2.24) is 14.9 Å². The van der Waals surface area contributed by atoms with Crippen LogP contribution in [0.4, 0.5) is 0 Å². The number of fused-ring (bicyclic) bond motifs is 1. The normalized spacial score (nSPS) is 38.7. The van der Waals surface area contributed by atoms with Gasteiger partial charge in [0.2, 0.25) is 27.7 Å². The zero-order chi connectivity index (χ0) is 20.8. The van der Waals surface area contributed by atoms with Crippen LogP contribution in [-0.4, -0.2) is 54.9 Å². The third-order valence-electron chi connectivity index (χ3n) is 7.33. The largest absolute Gasteiger partial charge is 0.330 e. The van der Waals surface area contributed by atoms with E-state index in [0.717, 1.165) is 25.7 Å². The Labute approximate surface area is 172 Å². The summed E-state index contributed by atoms with van der Waals surface area (Å²) in [6.45, 7) is 2.64. The van der Waals surface area contributed by atoms with Gasteiger partial charge in [-0.25, -0.2) is 13.1 Å². The molecular weight excluding hydrogens is 394 g/mol. The van der Waals surface area contributed by atoms with E-state index in [-0.39, 0.29) is 41.4 Å². The molecule has 162 valence electrons. The minimum absolute atomic E-state index is 0.0212. The zero-order valence-electron chi connectivity index (χ0n) is 16.9. The van der Waals surface area contributed by atoms with E-state index in [4.69, 9.17) is 0 Å². The number of nitrogens with zero attached hydrogens (tertiary/aromatic N) is 1. The summed E-state index contributed by atoms with van der Waals surface area (Å²) in [5.41, 5.74) is 0. The van der Waals surface area contributed by atoms with Gasteiger partial charge in [0.05, 0.1) is 5.25 Å². The molecule has 2 N–H and O–H groups in total. The van der Waals surface area contributed by atoms with Crippen molar-refractivity contribution in [2.24, 2.45) is 17.8 Å². The summed E-state index contributed by atoms with van der Waals surface area (Å²) in [6.07, 6.45) is 5.88. The molecule has 0 spiro atoms. The molecule has 2 saturated carbocycles. The van der Waals surface area contributed by atoms with Crippen LogP contribution >= 0.6 is 0 Å². The third kappa shape index (κ3) is 4.21. The molecule has 0 aromatic heterocycles. The molecule has 4 atom stereocenters. The van der Waals surface area contributed by atoms with E-state index >= 15 is 0 Å². The molecule has 0 aromatic carbocycles. The van der Waals surface area contributed by atoms with Crippen LogP contribution in [0.3, 0.4) is 0 Å². The minimum atomic E-state index is -3.35. The Morgan fingerprint density at radius 2 is 1.72 bits per heavy atom. The highest BCUT2D eigenvalue weighted by Crippen LogP contribution is 2.39. The van der Waals surface area contributed by atoms with Gasteiger partial charge in [-0.05, 0) is 63.2 Å². The summed E-state index contributed by atoms with van der Waals surface area (Å²) in [4.78, 5) is 38.0. The Balaban J connectivity index is 1.37. The number of carbonyl (C=O) groups excluding carboxylic acids is 3. The van der Waals surface area contributed by atoms with E-state index < -0.39 is 22.0 Å². The van der Waals surface area contributed by atoms with Crippen molar-refractivity contribution in [2.45, 2.75) is 82.0 Å². The summed E-state index contributed by atoms with van der Waals surface area (Å²) in [7, 11) is -3.35. The Morgan fingerprint density at radius 3 is 2.41 bits per heavy atom. The molecule has 3 amide bonds. The van der Waals surface area contributed by atoms with Crippen molar-refractivity contribution < 1.29 is 22.8 Å². The lowest BCUT2D eigenvalue weighted by Gasteiger charge is -2.33. The van der Waals surface area contributed by atoms with Gasteiger partial charge < -0.3 is 4.90 Å². The second-order valence-electron chi connectivity index (χ2n) is 9.38. The van der Waals surface area contributed by atoms with E-state index in [2.05, 4.69) is 17.0 Å². The molecule has 9 heteroatoms. The SMILES string of the molecule is CC1CCC(S(=O)(=O)NC2CCC3C(=O)N(C4CCC(=O)NC4=O)CC3C2)CC1. The van der Waals surface area contributed by atoms with Crippen molar-refractivity contribution in [3.63, 3.8) is 0 Å². The number of hydrogen-bond donors (Lipinski definition) is 2. The van der Waals surface area contributed by atoms with Gasteiger partial charge in [0.15, 0.2) is 0 Å². The number of likely N-dealkylation sites (tertiary alicyclic amines) is 1. The fourth-order valence-electron chi connectivity index (χ4n) is 5.58. The molecule has 2 saturated heterocycles. The number of imide groups is 1. The van der Waals surface area contributed by atoms with Crippen LogP contribution in [-0.2, 0) is 24.4 Å². The Hall–Kier alpha value is -1.48. The molecule has 0 bridgehead atoms. The van der Waals surface area contributed by atoms with Crippen molar-refractivity contribution in [1.29, 1.82) is 0 Å². The number of rotatable bonds is 4. The lowest BCUT2D eigenvalue weighted by Crippen LogP contribution is -2.53. The van der Waals surface area contributed by atoms with Gasteiger partial charge >= 0.3 is 0 Å². The monoisotopic (exact) mass is 425 g/mol. The number of carbonyl (C=O) groups is 3. The van der Waals surface area contributed by atoms with E-state index in [9.17, 15) is 22.8 Å². The highest BCUT2D eigenvalue weighted by Gasteiger charge is 2.48. The number of amides is 3. The van der Waals surface area contributed by atoms with Gasteiger partial charge in [0.1, 0.15) is 6.04 Å². The summed E-state index contributed by atoms with van der Waals surface area (Å²) < 4.78 is 28.6. The molecular formula is C20H31N3O5S. The van der Waals surface area contributed by atoms with E-state index in [1.54, 1.807) is 4.90 Å². The van der Waals surface area contributed by atoms with Crippen molar-refractivity contribution in [3.05, 3.63) is 0 Å². The summed E-state index contributed by atoms with van der Waals surface area (Å²) in [5, 5.41) is 2.02. The van der Waals surface area contributed by atoms with Crippen molar-refractivity contribution in [2.75, 3.05) is 6.54 Å². The van der Waals surface area contributed by atoms with Gasteiger partial charge in [-0.1, -0.05) is 6.92 Å². The fourth-order valence-corrected chi connectivity index (χ4v) is 7.35. The summed E-state index contributed by atoms with van der Waals surface area (Å²) in [5.74, 6) is -0.192. The summed E-state index contributed by atoms with van der Waals surface area (Å²) >= 11 is 0. The van der Waals surface area contributed by atoms with Crippen LogP contribution in [0.15, 0.2) is 0 Å². The first-order chi connectivity index (χ1) is 13.7. The van der Waals surface area contributed by atoms with Gasteiger partial charge in [-0.3, -0.25) is 19.7 Å². The average Bonchev–Trinajstić information content (AvgIpc) is 2.97. The van der Waals surface area contributed by atoms with Gasteiger partial charge in [-0.2, -0.15) is 0 Å². The average molecular weight is 426 g/mol. The maximum atomic E-state index is 12.9. The number of nitrogens with one attached hydrogen (secondary N) is 2. The quantitative estimate of drug-likeness (QED) is 0.651. The molecule has 0 aromatic rings. The molecule has 2 aliphatic heterocycles. The molecule has 2 heterocycles. The first-order valence-corrected chi connectivity index (χ1v) is 12.4. The lowest BCUT2D eigenvalue weighted by molar-refractivity contribution is -0.144. The molecule has 4 fully saturated rings. The Kier molecular flexibility index (Phi) is 5.72. The summed E-state index contributed by atoms with van der Waals surface area (Å²) in [6, 6.07) is -0.722. The zero-order valence-corrected chi connectivity index (χ0v) is 17.7. The highest BCUT2D eigenvalue weighted by molar-refractivity contribution is 7.90. The maximum absolute atomic E-state index is 12.9. The highest BCUT2D eigenvalue weighted by atomic mass is 32.2. The lowest BCUT2D eigenvalue weighted by atomic mass is 9.79. The van der Waals surface area contributed by atoms with Crippen LogP contribution in [0, 0.1) is 17.8 Å². The van der Waals surface area contributed by atoms with Gasteiger partial charge in [0, 0.05) is 24.9 Å². The maximum Gasteiger partial charge on any atom is 0.249 e. The fraction of sp³-hybridized carbons (Fsp3) is 0.850. The predicted octanol–water partition coefficient (Wildman–Crippen LogP) is 0.917. The van der Waals surface area contributed by atoms with Crippen LogP contribution < -0.4 is 10.0 Å². The van der Waals surface area contributed by atoms with E-state index in [0.29, 0.717) is 38.1 Å². The van der Waals surface area contributed by atoms with Gasteiger partial charge in [-0.15, -0.1) is 0 Å². The van der Waals surface area contributed by atoms with Crippen molar-refractivity contribution in [3.8, 4) is 0 Å². The molecule has 0 radical (unpaired) electrons. The number of sulfonamides is 1. The van der Waals surface area contributed by atoms with Crippen LogP contribution in [0.2, 0.25) is 0 Å². The second kappa shape index (κ2) is 7.98. The standard InChI is InChI=1S/C20H31N3O5S/c1-12-2-5-15(6-3-12)29(27,28)22-14-4-7-16-13(10-14)11-23(20(16)26)17-8-9-18(24)21-19(17)25/h12-17,22H,2-11H2,1H3,(H,21,24,25). The number of piperidine rings is 1. The molecule has 4 aliphatic rings. The first kappa shape index (κ1) is 20.8. The van der Waals surface area contributed by atoms with Crippen LogP contribution in [0.1, 0.15) is 64.7 Å². The topological polar surface area (TPSA) is 113 Å². The van der Waals surface area contributed by atoms with Gasteiger partial charge in [0.25, 0.3) is 0 Å². The smallest absolute Gasteiger partial charge is 0.249 e. The Morgan fingerprint density at radius 1 is 1.00 bits per heavy atom. The second-order valence-corrected chi connectivity index (χ2v) is 11.4. The first-order valence-electron chi connectivity index (χ1n) is 10.9. The van der Waals surface area contributed by atoms with E-state index in [1.165, 1.54) is 0 Å². The van der Waals surface area contributed by atoms with Crippen LogP contribution in [0.25, 0.3) is 0 Å². The van der Waals surface area contributed by atoms with Crippen LogP contribution in [0.5, 0.6) is 0 Å². The van der Waals surface area contributed by atoms with Crippen molar-refractivity contribution >= 4 is 27.7 Å². The number of hydrogen-bond acceptors (Lipinski definition) is 5. The molecule has 29 heavy (non-hydrogen) atoms. The molecule has 2 aliphatic carbocycles. The Bertz CT molecular complexity index is 790.